The lowest BCUT2D eigenvalue weighted by Crippen LogP contribution is -2.14. The Kier molecular flexibility index (Phi) is 7.36. The van der Waals surface area contributed by atoms with Crippen LogP contribution >= 0.6 is 23.5 Å². The Balaban J connectivity index is 1.83. The maximum Gasteiger partial charge on any atom is 0.234 e. The second-order valence-corrected chi connectivity index (χ2v) is 6.68. The molecule has 0 unspecified atom stereocenters. The molecule has 0 bridgehead atoms. The molecule has 0 radical (unpaired) electrons. The summed E-state index contributed by atoms with van der Waals surface area (Å²) in [7, 11) is 0. The number of para-hydroxylation sites is 1. The number of ether oxygens (including phenoxy) is 1. The maximum absolute atomic E-state index is 12.0. The van der Waals surface area contributed by atoms with Gasteiger partial charge in [0, 0.05) is 21.9 Å². The molecule has 0 aliphatic rings. The normalized spacial score (nSPS) is 10.3. The molecule has 2 aromatic carbocycles. The quantitative estimate of drug-likeness (QED) is 0.704. The molecule has 0 aliphatic heterocycles. The van der Waals surface area contributed by atoms with Gasteiger partial charge in [0.05, 0.1) is 12.4 Å². The Morgan fingerprint density at radius 2 is 2.00 bits per heavy atom. The van der Waals surface area contributed by atoms with Gasteiger partial charge >= 0.3 is 0 Å². The summed E-state index contributed by atoms with van der Waals surface area (Å²) in [5.74, 6) is 2.09. The zero-order valence-corrected chi connectivity index (χ0v) is 15.0. The van der Waals surface area contributed by atoms with Crippen LogP contribution in [-0.4, -0.2) is 24.5 Å². The van der Waals surface area contributed by atoms with Gasteiger partial charge < -0.3 is 10.1 Å². The summed E-state index contributed by atoms with van der Waals surface area (Å²) in [4.78, 5) is 13.2. The molecule has 0 saturated heterocycles. The van der Waals surface area contributed by atoms with Gasteiger partial charge in [0.1, 0.15) is 5.75 Å². The van der Waals surface area contributed by atoms with Crippen LogP contribution in [0, 0.1) is 0 Å². The van der Waals surface area contributed by atoms with Crippen molar-refractivity contribution in [2.75, 3.05) is 23.9 Å². The van der Waals surface area contributed by atoms with E-state index in [1.54, 1.807) is 23.5 Å². The van der Waals surface area contributed by atoms with Crippen LogP contribution in [0.5, 0.6) is 5.75 Å². The highest BCUT2D eigenvalue weighted by Gasteiger charge is 2.06. The Labute approximate surface area is 146 Å². The summed E-state index contributed by atoms with van der Waals surface area (Å²) in [6, 6.07) is 15.8. The first-order valence-electron chi connectivity index (χ1n) is 7.45. The molecule has 1 N–H and O–H groups in total. The van der Waals surface area contributed by atoms with E-state index in [2.05, 4.69) is 5.32 Å². The first kappa shape index (κ1) is 17.8. The fourth-order valence-electron chi connectivity index (χ4n) is 2.07. The van der Waals surface area contributed by atoms with Crippen molar-refractivity contribution in [2.24, 2.45) is 0 Å². The largest absolute Gasteiger partial charge is 0.494 e. The molecule has 5 heteroatoms. The van der Waals surface area contributed by atoms with E-state index in [0.29, 0.717) is 12.4 Å². The molecule has 0 atom stereocenters. The van der Waals surface area contributed by atoms with Crippen molar-refractivity contribution in [3.8, 4) is 5.75 Å². The van der Waals surface area contributed by atoms with Crippen molar-refractivity contribution in [2.45, 2.75) is 17.6 Å². The molecule has 122 valence electrons. The maximum atomic E-state index is 12.0. The van der Waals surface area contributed by atoms with Crippen molar-refractivity contribution in [1.29, 1.82) is 0 Å². The van der Waals surface area contributed by atoms with Gasteiger partial charge in [-0.1, -0.05) is 24.3 Å². The highest BCUT2D eigenvalue weighted by atomic mass is 32.2. The standard InChI is InChI=1S/C18H21NO2S2/c1-3-21-17-10-5-4-7-14(17)12-23-13-18(20)19-15-8-6-9-16(11-15)22-2/h4-11H,3,12-13H2,1-2H3,(H,19,20). The lowest BCUT2D eigenvalue weighted by Gasteiger charge is -2.10. The second-order valence-electron chi connectivity index (χ2n) is 4.81. The molecule has 0 saturated carbocycles. The summed E-state index contributed by atoms with van der Waals surface area (Å²) in [5.41, 5.74) is 1.97. The number of anilines is 1. The van der Waals surface area contributed by atoms with Crippen LogP contribution in [0.1, 0.15) is 12.5 Å². The molecule has 2 aromatic rings. The van der Waals surface area contributed by atoms with Gasteiger partial charge in [0.2, 0.25) is 5.91 Å². The SMILES string of the molecule is CCOc1ccccc1CSCC(=O)Nc1cccc(SC)c1. The van der Waals surface area contributed by atoms with E-state index in [1.807, 2.05) is 61.7 Å². The average Bonchev–Trinajstić information content (AvgIpc) is 2.57. The van der Waals surface area contributed by atoms with Crippen molar-refractivity contribution in [1.82, 2.24) is 0 Å². The molecule has 0 spiro atoms. The summed E-state index contributed by atoms with van der Waals surface area (Å²) < 4.78 is 5.60. The third-order valence-electron chi connectivity index (χ3n) is 3.12. The molecule has 0 heterocycles. The van der Waals surface area contributed by atoms with E-state index < -0.39 is 0 Å². The van der Waals surface area contributed by atoms with Crippen molar-refractivity contribution in [3.05, 3.63) is 54.1 Å². The number of nitrogens with one attached hydrogen (secondary N) is 1. The van der Waals surface area contributed by atoms with Crippen LogP contribution < -0.4 is 10.1 Å². The predicted molar refractivity (Wildman–Crippen MR) is 101 cm³/mol. The summed E-state index contributed by atoms with van der Waals surface area (Å²) in [6.07, 6.45) is 2.02. The zero-order valence-electron chi connectivity index (χ0n) is 13.4. The Hall–Kier alpha value is -1.59. The van der Waals surface area contributed by atoms with E-state index in [-0.39, 0.29) is 5.91 Å². The summed E-state index contributed by atoms with van der Waals surface area (Å²) in [5, 5.41) is 2.94. The number of amides is 1. The Bertz CT molecular complexity index is 646. The molecule has 1 amide bonds. The number of hydrogen-bond donors (Lipinski definition) is 1. The van der Waals surface area contributed by atoms with Gasteiger partial charge in [0.25, 0.3) is 0 Å². The first-order chi connectivity index (χ1) is 11.2. The van der Waals surface area contributed by atoms with Gasteiger partial charge in [0.15, 0.2) is 0 Å². The van der Waals surface area contributed by atoms with Gasteiger partial charge in [-0.25, -0.2) is 0 Å². The number of carbonyl (C=O) groups is 1. The van der Waals surface area contributed by atoms with Crippen LogP contribution in [0.3, 0.4) is 0 Å². The van der Waals surface area contributed by atoms with E-state index in [0.717, 1.165) is 27.6 Å². The fourth-order valence-corrected chi connectivity index (χ4v) is 3.35. The number of thioether (sulfide) groups is 2. The van der Waals surface area contributed by atoms with Gasteiger partial charge in [-0.2, -0.15) is 0 Å². The minimum Gasteiger partial charge on any atom is -0.494 e. The molecule has 0 fully saturated rings. The number of carbonyl (C=O) groups excluding carboxylic acids is 1. The minimum absolute atomic E-state index is 0.0159. The van der Waals surface area contributed by atoms with Crippen LogP contribution in [0.4, 0.5) is 5.69 Å². The van der Waals surface area contributed by atoms with Crippen molar-refractivity contribution in [3.63, 3.8) is 0 Å². The van der Waals surface area contributed by atoms with Crippen LogP contribution in [0.2, 0.25) is 0 Å². The van der Waals surface area contributed by atoms with E-state index in [9.17, 15) is 4.79 Å². The zero-order chi connectivity index (χ0) is 16.5. The Morgan fingerprint density at radius 3 is 2.78 bits per heavy atom. The van der Waals surface area contributed by atoms with Crippen LogP contribution in [0.25, 0.3) is 0 Å². The predicted octanol–water partition coefficient (Wildman–Crippen LogP) is 4.68. The molecule has 23 heavy (non-hydrogen) atoms. The molecule has 0 aromatic heterocycles. The second kappa shape index (κ2) is 9.53. The van der Waals surface area contributed by atoms with Crippen molar-refractivity contribution < 1.29 is 9.53 Å². The van der Waals surface area contributed by atoms with Gasteiger partial charge in [-0.15, -0.1) is 23.5 Å². The van der Waals surface area contributed by atoms with Crippen molar-refractivity contribution >= 4 is 35.1 Å². The third kappa shape index (κ3) is 5.84. The smallest absolute Gasteiger partial charge is 0.234 e. The van der Waals surface area contributed by atoms with E-state index >= 15 is 0 Å². The summed E-state index contributed by atoms with van der Waals surface area (Å²) in [6.45, 7) is 2.62. The highest BCUT2D eigenvalue weighted by Crippen LogP contribution is 2.23. The van der Waals surface area contributed by atoms with E-state index in [1.165, 1.54) is 0 Å². The fraction of sp³-hybridized carbons (Fsp3) is 0.278. The van der Waals surface area contributed by atoms with Crippen LogP contribution in [-0.2, 0) is 10.5 Å². The third-order valence-corrected chi connectivity index (χ3v) is 4.82. The number of hydrogen-bond acceptors (Lipinski definition) is 4. The minimum atomic E-state index is 0.0159. The number of benzene rings is 2. The first-order valence-corrected chi connectivity index (χ1v) is 9.83. The van der Waals surface area contributed by atoms with Gasteiger partial charge in [-0.3, -0.25) is 4.79 Å². The van der Waals surface area contributed by atoms with Gasteiger partial charge in [-0.05, 0) is 37.4 Å². The molecule has 3 nitrogen and oxygen atoms in total. The van der Waals surface area contributed by atoms with Crippen LogP contribution in [0.15, 0.2) is 53.4 Å². The average molecular weight is 348 g/mol. The Morgan fingerprint density at radius 1 is 1.17 bits per heavy atom. The summed E-state index contributed by atoms with van der Waals surface area (Å²) >= 11 is 3.25. The lowest BCUT2D eigenvalue weighted by atomic mass is 10.2. The molecular weight excluding hydrogens is 326 g/mol. The lowest BCUT2D eigenvalue weighted by molar-refractivity contribution is -0.113. The molecule has 0 aliphatic carbocycles. The topological polar surface area (TPSA) is 38.3 Å². The molecular formula is C18H21NO2S2. The van der Waals surface area contributed by atoms with E-state index in [4.69, 9.17) is 4.74 Å². The number of rotatable bonds is 8. The molecule has 2 rings (SSSR count). The monoisotopic (exact) mass is 347 g/mol. The highest BCUT2D eigenvalue weighted by molar-refractivity contribution is 7.99.